The van der Waals surface area contributed by atoms with Crippen LogP contribution >= 0.6 is 0 Å². The quantitative estimate of drug-likeness (QED) is 0.862. The van der Waals surface area contributed by atoms with Crippen LogP contribution in [0.1, 0.15) is 25.3 Å². The predicted octanol–water partition coefficient (Wildman–Crippen LogP) is 1.59. The highest BCUT2D eigenvalue weighted by Crippen LogP contribution is 2.14. The average Bonchev–Trinajstić information content (AvgIpc) is 2.76. The average molecular weight is 282 g/mol. The van der Waals surface area contributed by atoms with Crippen LogP contribution in [0, 0.1) is 0 Å². The number of nitrogens with zero attached hydrogens (tertiary/aromatic N) is 1. The van der Waals surface area contributed by atoms with E-state index < -0.39 is 10.0 Å². The Morgan fingerprint density at radius 3 is 2.74 bits per heavy atom. The summed E-state index contributed by atoms with van der Waals surface area (Å²) in [6.45, 7) is 4.54. The smallest absolute Gasteiger partial charge is 0.211 e. The Hall–Kier alpha value is -0.910. The van der Waals surface area contributed by atoms with E-state index in [2.05, 4.69) is 21.8 Å². The fourth-order valence-electron chi connectivity index (χ4n) is 2.50. The first-order chi connectivity index (χ1) is 9.09. The van der Waals surface area contributed by atoms with Gasteiger partial charge in [-0.05, 0) is 18.4 Å². The molecule has 1 fully saturated rings. The lowest BCUT2D eigenvalue weighted by atomic mass is 10.2. The number of hydrogen-bond donors (Lipinski definition) is 1. The minimum atomic E-state index is -3.09. The minimum absolute atomic E-state index is 0.0697. The third-order valence-corrected chi connectivity index (χ3v) is 4.98. The molecule has 0 aliphatic carbocycles. The second-order valence-electron chi connectivity index (χ2n) is 5.14. The van der Waals surface area contributed by atoms with Crippen molar-refractivity contribution in [2.45, 2.75) is 32.4 Å². The van der Waals surface area contributed by atoms with Gasteiger partial charge in [0, 0.05) is 25.7 Å². The zero-order chi connectivity index (χ0) is 13.7. The van der Waals surface area contributed by atoms with Gasteiger partial charge < -0.3 is 0 Å². The van der Waals surface area contributed by atoms with E-state index in [1.807, 2.05) is 25.1 Å². The van der Waals surface area contributed by atoms with Gasteiger partial charge in [0.25, 0.3) is 0 Å². The van der Waals surface area contributed by atoms with E-state index in [9.17, 15) is 8.42 Å². The number of likely N-dealkylation sites (tertiary alicyclic amines) is 1. The first-order valence-corrected chi connectivity index (χ1v) is 8.50. The van der Waals surface area contributed by atoms with Gasteiger partial charge in [-0.15, -0.1) is 0 Å². The molecule has 0 radical (unpaired) electrons. The number of rotatable bonds is 6. The molecule has 1 aliphatic rings. The van der Waals surface area contributed by atoms with E-state index in [-0.39, 0.29) is 11.8 Å². The van der Waals surface area contributed by atoms with E-state index in [4.69, 9.17) is 0 Å². The van der Waals surface area contributed by atoms with Gasteiger partial charge in [0.2, 0.25) is 10.0 Å². The Morgan fingerprint density at radius 1 is 1.32 bits per heavy atom. The van der Waals surface area contributed by atoms with Gasteiger partial charge in [0.05, 0.1) is 5.75 Å². The van der Waals surface area contributed by atoms with Gasteiger partial charge in [-0.1, -0.05) is 37.3 Å². The molecule has 0 saturated carbocycles. The van der Waals surface area contributed by atoms with Gasteiger partial charge in [0.1, 0.15) is 0 Å². The van der Waals surface area contributed by atoms with Crippen LogP contribution < -0.4 is 4.72 Å². The molecular formula is C14H22N2O2S. The number of sulfonamides is 1. The third-order valence-electron chi connectivity index (χ3n) is 3.34. The monoisotopic (exact) mass is 282 g/mol. The van der Waals surface area contributed by atoms with Crippen LogP contribution in [-0.4, -0.2) is 38.2 Å². The highest BCUT2D eigenvalue weighted by molar-refractivity contribution is 7.89. The summed E-state index contributed by atoms with van der Waals surface area (Å²) in [6, 6.07) is 10.4. The molecule has 0 spiro atoms. The van der Waals surface area contributed by atoms with Gasteiger partial charge in [0.15, 0.2) is 0 Å². The fraction of sp³-hybridized carbons (Fsp3) is 0.571. The van der Waals surface area contributed by atoms with E-state index in [1.54, 1.807) is 0 Å². The largest absolute Gasteiger partial charge is 0.297 e. The molecule has 1 N–H and O–H groups in total. The van der Waals surface area contributed by atoms with Crippen molar-refractivity contribution in [3.05, 3.63) is 35.9 Å². The lowest BCUT2D eigenvalue weighted by Gasteiger charge is -2.16. The van der Waals surface area contributed by atoms with E-state index in [0.717, 1.165) is 26.1 Å². The molecule has 4 nitrogen and oxygen atoms in total. The molecule has 19 heavy (non-hydrogen) atoms. The molecule has 0 amide bonds. The first-order valence-electron chi connectivity index (χ1n) is 6.85. The molecule has 0 aromatic heterocycles. The molecule has 1 aromatic carbocycles. The summed E-state index contributed by atoms with van der Waals surface area (Å²) >= 11 is 0. The van der Waals surface area contributed by atoms with Crippen molar-refractivity contribution in [2.75, 3.05) is 18.8 Å². The molecule has 1 atom stereocenters. The van der Waals surface area contributed by atoms with Crippen LogP contribution in [0.4, 0.5) is 0 Å². The van der Waals surface area contributed by atoms with Crippen LogP contribution in [0.2, 0.25) is 0 Å². The summed E-state index contributed by atoms with van der Waals surface area (Å²) in [6.07, 6.45) is 1.56. The van der Waals surface area contributed by atoms with Crippen LogP contribution in [-0.2, 0) is 16.6 Å². The molecule has 106 valence electrons. The molecule has 2 rings (SSSR count). The summed E-state index contributed by atoms with van der Waals surface area (Å²) < 4.78 is 26.2. The Bertz CT molecular complexity index is 487. The summed E-state index contributed by atoms with van der Waals surface area (Å²) in [5.41, 5.74) is 1.28. The number of benzene rings is 1. The van der Waals surface area contributed by atoms with Crippen molar-refractivity contribution in [2.24, 2.45) is 0 Å². The SMILES string of the molecule is CCCS(=O)(=O)NC1CCN(Cc2ccccc2)C1. The highest BCUT2D eigenvalue weighted by Gasteiger charge is 2.25. The maximum atomic E-state index is 11.7. The molecule has 1 heterocycles. The predicted molar refractivity (Wildman–Crippen MR) is 77.3 cm³/mol. The van der Waals surface area contributed by atoms with Gasteiger partial charge in [-0.25, -0.2) is 13.1 Å². The minimum Gasteiger partial charge on any atom is -0.297 e. The Labute approximate surface area is 115 Å². The molecule has 1 unspecified atom stereocenters. The van der Waals surface area contributed by atoms with Gasteiger partial charge in [-0.2, -0.15) is 0 Å². The van der Waals surface area contributed by atoms with E-state index >= 15 is 0 Å². The van der Waals surface area contributed by atoms with Crippen molar-refractivity contribution < 1.29 is 8.42 Å². The molecule has 0 bridgehead atoms. The topological polar surface area (TPSA) is 49.4 Å². The van der Waals surface area contributed by atoms with E-state index in [0.29, 0.717) is 6.42 Å². The fourth-order valence-corrected chi connectivity index (χ4v) is 3.85. The molecular weight excluding hydrogens is 260 g/mol. The summed E-state index contributed by atoms with van der Waals surface area (Å²) in [5, 5.41) is 0. The number of nitrogens with one attached hydrogen (secondary N) is 1. The molecule has 1 aromatic rings. The summed E-state index contributed by atoms with van der Waals surface area (Å²) in [5.74, 6) is 0.224. The molecule has 5 heteroatoms. The number of hydrogen-bond acceptors (Lipinski definition) is 3. The second-order valence-corrected chi connectivity index (χ2v) is 7.02. The van der Waals surface area contributed by atoms with Crippen molar-refractivity contribution in [1.29, 1.82) is 0 Å². The van der Waals surface area contributed by atoms with Gasteiger partial charge in [-0.3, -0.25) is 4.90 Å². The zero-order valence-corrected chi connectivity index (χ0v) is 12.2. The molecule has 1 aliphatic heterocycles. The standard InChI is InChI=1S/C14H22N2O2S/c1-2-10-19(17,18)15-14-8-9-16(12-14)11-13-6-4-3-5-7-13/h3-7,14-15H,2,8-12H2,1H3. The van der Waals surface area contributed by atoms with Crippen molar-refractivity contribution in [3.8, 4) is 0 Å². The van der Waals surface area contributed by atoms with Crippen molar-refractivity contribution >= 4 is 10.0 Å². The van der Waals surface area contributed by atoms with Crippen LogP contribution in [0.25, 0.3) is 0 Å². The maximum Gasteiger partial charge on any atom is 0.211 e. The normalized spacial score (nSPS) is 20.8. The molecule has 1 saturated heterocycles. The summed E-state index contributed by atoms with van der Waals surface area (Å²) in [7, 11) is -3.09. The first kappa shape index (κ1) is 14.5. The Morgan fingerprint density at radius 2 is 2.05 bits per heavy atom. The van der Waals surface area contributed by atoms with Crippen LogP contribution in [0.5, 0.6) is 0 Å². The second kappa shape index (κ2) is 6.50. The van der Waals surface area contributed by atoms with Gasteiger partial charge >= 0.3 is 0 Å². The zero-order valence-electron chi connectivity index (χ0n) is 11.4. The maximum absolute atomic E-state index is 11.7. The third kappa shape index (κ3) is 4.60. The summed E-state index contributed by atoms with van der Waals surface area (Å²) in [4.78, 5) is 2.30. The van der Waals surface area contributed by atoms with Crippen LogP contribution in [0.3, 0.4) is 0 Å². The van der Waals surface area contributed by atoms with Crippen LogP contribution in [0.15, 0.2) is 30.3 Å². The van der Waals surface area contributed by atoms with E-state index in [1.165, 1.54) is 5.56 Å². The lowest BCUT2D eigenvalue weighted by Crippen LogP contribution is -2.38. The van der Waals surface area contributed by atoms with Crippen molar-refractivity contribution in [3.63, 3.8) is 0 Å². The van der Waals surface area contributed by atoms with Crippen molar-refractivity contribution in [1.82, 2.24) is 9.62 Å². The Balaban J connectivity index is 1.83. The highest BCUT2D eigenvalue weighted by atomic mass is 32.2. The Kier molecular flexibility index (Phi) is 4.96. The lowest BCUT2D eigenvalue weighted by molar-refractivity contribution is 0.324.